The number of nitrogens with zero attached hydrogens (tertiary/aromatic N) is 1. The van der Waals surface area contributed by atoms with E-state index in [2.05, 4.69) is 10.5 Å². The van der Waals surface area contributed by atoms with Crippen LogP contribution in [0.2, 0.25) is 0 Å². The number of hydrazone groups is 1. The predicted octanol–water partition coefficient (Wildman–Crippen LogP) is 2.45. The topological polar surface area (TPSA) is 70.9 Å². The summed E-state index contributed by atoms with van der Waals surface area (Å²) in [4.78, 5) is 11.9. The van der Waals surface area contributed by atoms with Gasteiger partial charge in [-0.25, -0.2) is 14.2 Å². The van der Waals surface area contributed by atoms with Gasteiger partial charge in [0.25, 0.3) is 5.91 Å². The number of carbonyl (C=O) groups excluding carboxylic acids is 1. The van der Waals surface area contributed by atoms with E-state index in [9.17, 15) is 18.7 Å². The molecule has 2 aromatic carbocycles. The molecule has 0 aliphatic carbocycles. The van der Waals surface area contributed by atoms with Gasteiger partial charge in [0.2, 0.25) is 0 Å². The summed E-state index contributed by atoms with van der Waals surface area (Å²) in [6.07, 6.45) is 0. The lowest BCUT2D eigenvalue weighted by atomic mass is 10.1. The monoisotopic (exact) mass is 320 g/mol. The quantitative estimate of drug-likeness (QED) is 0.657. The van der Waals surface area contributed by atoms with Crippen LogP contribution in [-0.4, -0.2) is 30.4 Å². The number of methoxy groups -OCH3 is 1. The highest BCUT2D eigenvalue weighted by molar-refractivity contribution is 6.03. The zero-order valence-corrected chi connectivity index (χ0v) is 12.2. The minimum absolute atomic E-state index is 0.000923. The van der Waals surface area contributed by atoms with Crippen molar-refractivity contribution in [3.8, 4) is 5.75 Å². The van der Waals surface area contributed by atoms with Crippen LogP contribution in [0.4, 0.5) is 8.78 Å². The Morgan fingerprint density at radius 3 is 2.39 bits per heavy atom. The average molecular weight is 320 g/mol. The van der Waals surface area contributed by atoms with Crippen molar-refractivity contribution >= 4 is 11.6 Å². The molecule has 0 radical (unpaired) electrons. The van der Waals surface area contributed by atoms with E-state index < -0.39 is 17.5 Å². The van der Waals surface area contributed by atoms with Gasteiger partial charge in [0.1, 0.15) is 5.75 Å². The zero-order chi connectivity index (χ0) is 16.8. The Morgan fingerprint density at radius 1 is 1.13 bits per heavy atom. The van der Waals surface area contributed by atoms with E-state index >= 15 is 0 Å². The number of aromatic hydroxyl groups is 1. The smallest absolute Gasteiger partial charge is 0.271 e. The summed E-state index contributed by atoms with van der Waals surface area (Å²) in [6, 6.07) is 8.86. The molecular weight excluding hydrogens is 306 g/mol. The van der Waals surface area contributed by atoms with E-state index in [0.29, 0.717) is 0 Å². The summed E-state index contributed by atoms with van der Waals surface area (Å²) >= 11 is 0. The maximum Gasteiger partial charge on any atom is 0.271 e. The van der Waals surface area contributed by atoms with E-state index in [1.54, 1.807) is 0 Å². The third-order valence-corrected chi connectivity index (χ3v) is 2.96. The van der Waals surface area contributed by atoms with Gasteiger partial charge in [-0.1, -0.05) is 0 Å². The van der Waals surface area contributed by atoms with Gasteiger partial charge in [-0.3, -0.25) is 4.79 Å². The second kappa shape index (κ2) is 7.46. The summed E-state index contributed by atoms with van der Waals surface area (Å²) in [5, 5.41) is 13.1. The minimum atomic E-state index is -1.02. The van der Waals surface area contributed by atoms with Gasteiger partial charge >= 0.3 is 0 Å². The van der Waals surface area contributed by atoms with E-state index in [0.717, 1.165) is 12.1 Å². The number of rotatable bonds is 5. The average Bonchev–Trinajstić information content (AvgIpc) is 2.54. The lowest BCUT2D eigenvalue weighted by molar-refractivity contribution is 0.0954. The van der Waals surface area contributed by atoms with Crippen LogP contribution in [0, 0.1) is 11.6 Å². The second-order valence-electron chi connectivity index (χ2n) is 4.61. The summed E-state index contributed by atoms with van der Waals surface area (Å²) in [5.74, 6) is -2.47. The van der Waals surface area contributed by atoms with Gasteiger partial charge in [0.15, 0.2) is 11.6 Å². The zero-order valence-electron chi connectivity index (χ0n) is 12.2. The number of ether oxygens (including phenoxy) is 1. The van der Waals surface area contributed by atoms with Crippen LogP contribution >= 0.6 is 0 Å². The van der Waals surface area contributed by atoms with Gasteiger partial charge in [0.05, 0.1) is 12.3 Å². The van der Waals surface area contributed by atoms with Crippen LogP contribution in [0.25, 0.3) is 0 Å². The molecule has 0 atom stereocenters. The van der Waals surface area contributed by atoms with Crippen molar-refractivity contribution in [1.29, 1.82) is 0 Å². The van der Waals surface area contributed by atoms with Crippen molar-refractivity contribution in [1.82, 2.24) is 5.43 Å². The first-order valence-corrected chi connectivity index (χ1v) is 6.61. The SMILES string of the molecule is COCC(=NNC(=O)c1ccc(O)cc1)c1ccc(F)c(F)c1. The molecule has 2 N–H and O–H groups in total. The highest BCUT2D eigenvalue weighted by atomic mass is 19.2. The van der Waals surface area contributed by atoms with Gasteiger partial charge < -0.3 is 9.84 Å². The third kappa shape index (κ3) is 4.33. The van der Waals surface area contributed by atoms with Crippen LogP contribution in [0.5, 0.6) is 5.75 Å². The van der Waals surface area contributed by atoms with Crippen LogP contribution in [0.15, 0.2) is 47.6 Å². The lowest BCUT2D eigenvalue weighted by Crippen LogP contribution is -2.22. The number of nitrogens with one attached hydrogen (secondary N) is 1. The Morgan fingerprint density at radius 2 is 1.78 bits per heavy atom. The second-order valence-corrected chi connectivity index (χ2v) is 4.61. The van der Waals surface area contributed by atoms with Crippen LogP contribution in [0.3, 0.4) is 0 Å². The molecule has 1 amide bonds. The molecule has 0 saturated heterocycles. The number of phenolic OH excluding ortho intramolecular Hbond substituents is 1. The molecular formula is C16H14F2N2O3. The van der Waals surface area contributed by atoms with Gasteiger partial charge in [-0.05, 0) is 42.5 Å². The van der Waals surface area contributed by atoms with E-state index in [1.807, 2.05) is 0 Å². The van der Waals surface area contributed by atoms with Crippen LogP contribution < -0.4 is 5.43 Å². The summed E-state index contributed by atoms with van der Waals surface area (Å²) in [5.41, 5.74) is 3.12. The normalized spacial score (nSPS) is 11.3. The molecule has 0 spiro atoms. The summed E-state index contributed by atoms with van der Waals surface area (Å²) in [7, 11) is 1.41. The van der Waals surface area contributed by atoms with E-state index in [4.69, 9.17) is 4.74 Å². The number of carbonyl (C=O) groups is 1. The first-order chi connectivity index (χ1) is 11.0. The van der Waals surface area contributed by atoms with Crippen molar-refractivity contribution in [3.63, 3.8) is 0 Å². The number of benzene rings is 2. The number of hydrogen-bond acceptors (Lipinski definition) is 4. The molecule has 0 unspecified atom stereocenters. The minimum Gasteiger partial charge on any atom is -0.508 e. The standard InChI is InChI=1S/C16H14F2N2O3/c1-23-9-15(11-4-7-13(17)14(18)8-11)19-20-16(22)10-2-5-12(21)6-3-10/h2-8,21H,9H2,1H3,(H,20,22). The molecule has 0 aliphatic rings. The van der Waals surface area contributed by atoms with Crippen molar-refractivity contribution in [2.75, 3.05) is 13.7 Å². The number of amides is 1. The van der Waals surface area contributed by atoms with Crippen molar-refractivity contribution < 1.29 is 23.4 Å². The highest BCUT2D eigenvalue weighted by Gasteiger charge is 2.10. The Kier molecular flexibility index (Phi) is 5.37. The Bertz CT molecular complexity index is 731. The van der Waals surface area contributed by atoms with Gasteiger partial charge in [0, 0.05) is 18.2 Å². The Balaban J connectivity index is 2.19. The molecule has 0 aromatic heterocycles. The number of hydrogen-bond donors (Lipinski definition) is 2. The predicted molar refractivity (Wildman–Crippen MR) is 80.3 cm³/mol. The van der Waals surface area contributed by atoms with E-state index in [-0.39, 0.29) is 29.2 Å². The molecule has 2 aromatic rings. The number of phenols is 1. The van der Waals surface area contributed by atoms with Crippen LogP contribution in [-0.2, 0) is 4.74 Å². The summed E-state index contributed by atoms with van der Waals surface area (Å²) in [6.45, 7) is 0.000923. The molecule has 0 bridgehead atoms. The molecule has 23 heavy (non-hydrogen) atoms. The molecule has 0 saturated carbocycles. The molecule has 2 rings (SSSR count). The molecule has 0 heterocycles. The molecule has 0 aliphatic heterocycles. The molecule has 7 heteroatoms. The maximum atomic E-state index is 13.3. The first-order valence-electron chi connectivity index (χ1n) is 6.61. The highest BCUT2D eigenvalue weighted by Crippen LogP contribution is 2.11. The van der Waals surface area contributed by atoms with Crippen molar-refractivity contribution in [2.45, 2.75) is 0 Å². The van der Waals surface area contributed by atoms with Gasteiger partial charge in [-0.15, -0.1) is 0 Å². The Hall–Kier alpha value is -2.80. The number of halogens is 2. The fraction of sp³-hybridized carbons (Fsp3) is 0.125. The fourth-order valence-corrected chi connectivity index (χ4v) is 1.79. The summed E-state index contributed by atoms with van der Waals surface area (Å²) < 4.78 is 31.2. The maximum absolute atomic E-state index is 13.3. The lowest BCUT2D eigenvalue weighted by Gasteiger charge is -2.07. The van der Waals surface area contributed by atoms with Crippen molar-refractivity contribution in [2.24, 2.45) is 5.10 Å². The van der Waals surface area contributed by atoms with Gasteiger partial charge in [-0.2, -0.15) is 5.10 Å². The van der Waals surface area contributed by atoms with E-state index in [1.165, 1.54) is 37.4 Å². The molecule has 120 valence electrons. The van der Waals surface area contributed by atoms with Crippen LogP contribution in [0.1, 0.15) is 15.9 Å². The Labute approximate surface area is 131 Å². The molecule has 0 fully saturated rings. The third-order valence-electron chi connectivity index (χ3n) is 2.96. The first kappa shape index (κ1) is 16.6. The van der Waals surface area contributed by atoms with Crippen molar-refractivity contribution in [3.05, 3.63) is 65.2 Å². The molecule has 5 nitrogen and oxygen atoms in total. The largest absolute Gasteiger partial charge is 0.508 e. The fourth-order valence-electron chi connectivity index (χ4n) is 1.79.